The summed E-state index contributed by atoms with van der Waals surface area (Å²) < 4.78 is 9.57. The first-order chi connectivity index (χ1) is 16.7. The number of nitrogens with zero attached hydrogens (tertiary/aromatic N) is 5. The van der Waals surface area contributed by atoms with Gasteiger partial charge in [0.25, 0.3) is 5.56 Å². The highest BCUT2D eigenvalue weighted by Crippen LogP contribution is 2.32. The van der Waals surface area contributed by atoms with Gasteiger partial charge in [-0.1, -0.05) is 12.8 Å². The Morgan fingerprint density at radius 1 is 1.03 bits per heavy atom. The molecule has 34 heavy (non-hydrogen) atoms. The third-order valence-corrected chi connectivity index (χ3v) is 7.14. The van der Waals surface area contributed by atoms with Crippen LogP contribution in [0, 0.1) is 11.3 Å². The van der Waals surface area contributed by atoms with Gasteiger partial charge in [-0.2, -0.15) is 10.2 Å². The fraction of sp³-hybridized carbons (Fsp3) is 0.385. The van der Waals surface area contributed by atoms with Crippen molar-refractivity contribution in [2.24, 2.45) is 0 Å². The van der Waals surface area contributed by atoms with Crippen molar-refractivity contribution in [3.8, 4) is 6.07 Å². The Morgan fingerprint density at radius 2 is 1.85 bits per heavy atom. The first-order valence-electron chi connectivity index (χ1n) is 12.0. The summed E-state index contributed by atoms with van der Waals surface area (Å²) in [5, 5.41) is 14.6. The lowest BCUT2D eigenvalue weighted by Crippen LogP contribution is -2.26. The minimum Gasteiger partial charge on any atom is -0.381 e. The van der Waals surface area contributed by atoms with E-state index in [0.29, 0.717) is 23.0 Å². The molecule has 0 bridgehead atoms. The van der Waals surface area contributed by atoms with Crippen LogP contribution >= 0.6 is 0 Å². The summed E-state index contributed by atoms with van der Waals surface area (Å²) in [4.78, 5) is 22.2. The normalized spacial score (nSPS) is 17.4. The molecule has 0 unspecified atom stereocenters. The van der Waals surface area contributed by atoms with Gasteiger partial charge in [-0.3, -0.25) is 9.36 Å². The van der Waals surface area contributed by atoms with Gasteiger partial charge in [0.2, 0.25) is 5.95 Å². The molecule has 1 aliphatic heterocycles. The molecule has 4 heterocycles. The summed E-state index contributed by atoms with van der Waals surface area (Å²) >= 11 is 0. The van der Waals surface area contributed by atoms with E-state index in [2.05, 4.69) is 39.3 Å². The summed E-state index contributed by atoms with van der Waals surface area (Å²) in [5.74, 6) is 0.437. The maximum Gasteiger partial charge on any atom is 0.270 e. The maximum atomic E-state index is 13.0. The predicted molar refractivity (Wildman–Crippen MR) is 130 cm³/mol. The van der Waals surface area contributed by atoms with E-state index in [9.17, 15) is 10.1 Å². The lowest BCUT2D eigenvalue weighted by Gasteiger charge is -2.24. The molecule has 0 amide bonds. The SMILES string of the molecule is N#Cc1cc2cnc(Nc3ccc4c(ccn4C4CCOCC4)c3)nc2n(C2CCCC2)c1=O. The van der Waals surface area contributed by atoms with Gasteiger partial charge in [-0.15, -0.1) is 0 Å². The Balaban J connectivity index is 1.35. The molecule has 1 aliphatic carbocycles. The van der Waals surface area contributed by atoms with E-state index in [1.807, 2.05) is 12.1 Å². The highest BCUT2D eigenvalue weighted by molar-refractivity contribution is 5.85. The van der Waals surface area contributed by atoms with Crippen LogP contribution < -0.4 is 10.9 Å². The van der Waals surface area contributed by atoms with Gasteiger partial charge in [-0.05, 0) is 56.0 Å². The third-order valence-electron chi connectivity index (χ3n) is 7.14. The molecule has 0 spiro atoms. The molecule has 1 N–H and O–H groups in total. The number of pyridine rings is 1. The Hall–Kier alpha value is -3.70. The maximum absolute atomic E-state index is 13.0. The number of hydrogen-bond acceptors (Lipinski definition) is 6. The van der Waals surface area contributed by atoms with Crippen LogP contribution in [-0.4, -0.2) is 32.3 Å². The third kappa shape index (κ3) is 3.62. The largest absolute Gasteiger partial charge is 0.381 e. The highest BCUT2D eigenvalue weighted by Gasteiger charge is 2.23. The summed E-state index contributed by atoms with van der Waals surface area (Å²) in [6.45, 7) is 1.62. The first-order valence-corrected chi connectivity index (χ1v) is 12.0. The zero-order valence-electron chi connectivity index (χ0n) is 18.9. The number of hydrogen-bond donors (Lipinski definition) is 1. The van der Waals surface area contributed by atoms with Gasteiger partial charge < -0.3 is 14.6 Å². The van der Waals surface area contributed by atoms with Gasteiger partial charge >= 0.3 is 0 Å². The second-order valence-corrected chi connectivity index (χ2v) is 9.22. The molecular weight excluding hydrogens is 428 g/mol. The second kappa shape index (κ2) is 8.58. The van der Waals surface area contributed by atoms with Gasteiger partial charge in [-0.25, -0.2) is 4.98 Å². The average molecular weight is 455 g/mol. The quantitative estimate of drug-likeness (QED) is 0.474. The number of benzene rings is 1. The van der Waals surface area contributed by atoms with Crippen molar-refractivity contribution in [3.63, 3.8) is 0 Å². The van der Waals surface area contributed by atoms with Crippen LogP contribution in [0.2, 0.25) is 0 Å². The Kier molecular flexibility index (Phi) is 5.27. The fourth-order valence-corrected chi connectivity index (χ4v) is 5.41. The number of aromatic nitrogens is 4. The molecule has 8 nitrogen and oxygen atoms in total. The number of fused-ring (bicyclic) bond motifs is 2. The van der Waals surface area contributed by atoms with E-state index in [0.717, 1.165) is 62.8 Å². The van der Waals surface area contributed by atoms with Crippen molar-refractivity contribution in [2.45, 2.75) is 50.6 Å². The molecule has 8 heteroatoms. The van der Waals surface area contributed by atoms with E-state index in [-0.39, 0.29) is 17.2 Å². The number of anilines is 2. The zero-order valence-corrected chi connectivity index (χ0v) is 18.9. The number of nitrogens with one attached hydrogen (secondary N) is 1. The van der Waals surface area contributed by atoms with Gasteiger partial charge in [0.05, 0.1) is 0 Å². The number of rotatable bonds is 4. The minimum absolute atomic E-state index is 0.0763. The smallest absolute Gasteiger partial charge is 0.270 e. The second-order valence-electron chi connectivity index (χ2n) is 9.22. The lowest BCUT2D eigenvalue weighted by atomic mass is 10.1. The summed E-state index contributed by atoms with van der Waals surface area (Å²) in [6, 6.07) is 12.6. The molecule has 2 aliphatic rings. The van der Waals surface area contributed by atoms with Crippen LogP contribution in [-0.2, 0) is 4.74 Å². The number of ether oxygens (including phenoxy) is 1. The molecule has 3 aromatic heterocycles. The standard InChI is InChI=1S/C26H26N6O2/c27-15-18-13-19-16-28-26(30-24(19)32(25(18)33)22-3-1-2-4-22)29-20-5-6-23-17(14-20)7-10-31(23)21-8-11-34-12-9-21/h5-7,10,13-14,16,21-22H,1-4,8-9,11-12H2,(H,28,29,30). The van der Waals surface area contributed by atoms with Crippen LogP contribution in [0.1, 0.15) is 56.2 Å². The van der Waals surface area contributed by atoms with E-state index in [1.165, 1.54) is 5.52 Å². The van der Waals surface area contributed by atoms with Crippen LogP contribution in [0.5, 0.6) is 0 Å². The summed E-state index contributed by atoms with van der Waals surface area (Å²) in [6.07, 6.45) is 9.93. The Bertz CT molecular complexity index is 1470. The van der Waals surface area contributed by atoms with Crippen molar-refractivity contribution >= 4 is 33.6 Å². The zero-order chi connectivity index (χ0) is 23.1. The van der Waals surface area contributed by atoms with Gasteiger partial charge in [0, 0.05) is 59.7 Å². The molecule has 2 fully saturated rings. The fourth-order valence-electron chi connectivity index (χ4n) is 5.41. The molecule has 1 saturated carbocycles. The molecule has 6 rings (SSSR count). The van der Waals surface area contributed by atoms with Crippen LogP contribution in [0.3, 0.4) is 0 Å². The van der Waals surface area contributed by atoms with E-state index in [4.69, 9.17) is 9.72 Å². The van der Waals surface area contributed by atoms with Crippen molar-refractivity contribution in [3.05, 3.63) is 58.6 Å². The predicted octanol–water partition coefficient (Wildman–Crippen LogP) is 4.83. The van der Waals surface area contributed by atoms with Crippen molar-refractivity contribution < 1.29 is 4.74 Å². The average Bonchev–Trinajstić information content (AvgIpc) is 3.54. The Morgan fingerprint density at radius 3 is 2.65 bits per heavy atom. The first kappa shape index (κ1) is 20.9. The van der Waals surface area contributed by atoms with Crippen molar-refractivity contribution in [2.75, 3.05) is 18.5 Å². The Labute approximate surface area is 196 Å². The summed E-state index contributed by atoms with van der Waals surface area (Å²) in [5.41, 5.74) is 2.56. The highest BCUT2D eigenvalue weighted by atomic mass is 16.5. The molecule has 4 aromatic rings. The van der Waals surface area contributed by atoms with Gasteiger partial charge in [0.1, 0.15) is 17.3 Å². The molecule has 0 radical (unpaired) electrons. The molecule has 172 valence electrons. The van der Waals surface area contributed by atoms with Crippen LogP contribution in [0.15, 0.2) is 47.5 Å². The van der Waals surface area contributed by atoms with Crippen LogP contribution in [0.25, 0.3) is 21.9 Å². The summed E-state index contributed by atoms with van der Waals surface area (Å²) in [7, 11) is 0. The van der Waals surface area contributed by atoms with Crippen molar-refractivity contribution in [1.82, 2.24) is 19.1 Å². The van der Waals surface area contributed by atoms with E-state index < -0.39 is 0 Å². The van der Waals surface area contributed by atoms with Crippen molar-refractivity contribution in [1.29, 1.82) is 5.26 Å². The molecular formula is C26H26N6O2. The molecule has 1 saturated heterocycles. The van der Waals surface area contributed by atoms with Crippen LogP contribution in [0.4, 0.5) is 11.6 Å². The van der Waals surface area contributed by atoms with Gasteiger partial charge in [0.15, 0.2) is 0 Å². The minimum atomic E-state index is -0.262. The van der Waals surface area contributed by atoms with E-state index >= 15 is 0 Å². The molecule has 0 atom stereocenters. The van der Waals surface area contributed by atoms with E-state index in [1.54, 1.807) is 16.8 Å². The number of nitriles is 1. The monoisotopic (exact) mass is 454 g/mol. The topological polar surface area (TPSA) is 97.8 Å². The lowest BCUT2D eigenvalue weighted by molar-refractivity contribution is 0.0707. The molecule has 1 aromatic carbocycles.